The smallest absolute Gasteiger partial charge is 0.215 e. The van der Waals surface area contributed by atoms with Crippen molar-refractivity contribution in [2.45, 2.75) is 13.3 Å². The molecular weight excluding hydrogens is 218 g/mol. The number of nitrogens with zero attached hydrogens (tertiary/aromatic N) is 1. The maximum atomic E-state index is 5.06. The van der Waals surface area contributed by atoms with Gasteiger partial charge in [-0.15, -0.1) is 0 Å². The molecule has 0 aliphatic carbocycles. The molecule has 0 fully saturated rings. The normalized spacial score (nSPS) is 9.92. The summed E-state index contributed by atoms with van der Waals surface area (Å²) in [6, 6.07) is 2.10. The number of pyridine rings is 1. The standard InChI is InChI=1S/C9H12BrNO/c1-7-5-8(3-4-10)6-11-9(7)12-2/h5-6H,3-4H2,1-2H3. The van der Waals surface area contributed by atoms with Gasteiger partial charge in [-0.25, -0.2) is 4.98 Å². The molecular formula is C9H12BrNO. The van der Waals surface area contributed by atoms with Crippen LogP contribution in [0, 0.1) is 6.92 Å². The van der Waals surface area contributed by atoms with Crippen LogP contribution in [0.5, 0.6) is 5.88 Å². The van der Waals surface area contributed by atoms with Gasteiger partial charge in [0.1, 0.15) is 0 Å². The summed E-state index contributed by atoms with van der Waals surface area (Å²) < 4.78 is 5.06. The number of aromatic nitrogens is 1. The second-order valence-corrected chi connectivity index (χ2v) is 3.40. The minimum Gasteiger partial charge on any atom is -0.481 e. The number of methoxy groups -OCH3 is 1. The van der Waals surface area contributed by atoms with Crippen molar-refractivity contribution in [1.82, 2.24) is 4.98 Å². The van der Waals surface area contributed by atoms with Gasteiger partial charge < -0.3 is 4.74 Å². The molecule has 2 nitrogen and oxygen atoms in total. The Kier molecular flexibility index (Phi) is 3.53. The highest BCUT2D eigenvalue weighted by atomic mass is 79.9. The van der Waals surface area contributed by atoms with Crippen LogP contribution < -0.4 is 4.74 Å². The summed E-state index contributed by atoms with van der Waals surface area (Å²) in [7, 11) is 1.64. The van der Waals surface area contributed by atoms with Gasteiger partial charge in [-0.2, -0.15) is 0 Å². The van der Waals surface area contributed by atoms with E-state index in [0.717, 1.165) is 17.3 Å². The minimum atomic E-state index is 0.716. The van der Waals surface area contributed by atoms with Crippen LogP contribution in [0.25, 0.3) is 0 Å². The van der Waals surface area contributed by atoms with Crippen molar-refractivity contribution < 1.29 is 4.74 Å². The van der Waals surface area contributed by atoms with Crippen molar-refractivity contribution in [3.05, 3.63) is 23.4 Å². The van der Waals surface area contributed by atoms with Gasteiger partial charge in [-0.05, 0) is 25.0 Å². The molecule has 0 unspecified atom stereocenters. The Balaban J connectivity index is 2.86. The Morgan fingerprint density at radius 1 is 1.58 bits per heavy atom. The van der Waals surface area contributed by atoms with Crippen LogP contribution in [-0.2, 0) is 6.42 Å². The van der Waals surface area contributed by atoms with E-state index in [2.05, 4.69) is 27.0 Å². The van der Waals surface area contributed by atoms with Gasteiger partial charge in [0.15, 0.2) is 0 Å². The van der Waals surface area contributed by atoms with E-state index in [-0.39, 0.29) is 0 Å². The van der Waals surface area contributed by atoms with E-state index in [0.29, 0.717) is 5.88 Å². The average molecular weight is 230 g/mol. The first-order chi connectivity index (χ1) is 5.77. The molecule has 0 N–H and O–H groups in total. The lowest BCUT2D eigenvalue weighted by Crippen LogP contribution is -1.94. The van der Waals surface area contributed by atoms with E-state index < -0.39 is 0 Å². The highest BCUT2D eigenvalue weighted by Crippen LogP contribution is 2.14. The third kappa shape index (κ3) is 2.21. The van der Waals surface area contributed by atoms with Crippen LogP contribution in [0.1, 0.15) is 11.1 Å². The first kappa shape index (κ1) is 9.52. The van der Waals surface area contributed by atoms with Crippen molar-refractivity contribution >= 4 is 15.9 Å². The first-order valence-electron chi connectivity index (χ1n) is 3.83. The number of aryl methyl sites for hydroxylation is 2. The molecule has 0 saturated heterocycles. The Morgan fingerprint density at radius 3 is 2.83 bits per heavy atom. The third-order valence-electron chi connectivity index (χ3n) is 1.66. The molecule has 0 radical (unpaired) electrons. The molecule has 0 aliphatic heterocycles. The highest BCUT2D eigenvalue weighted by molar-refractivity contribution is 9.09. The number of hydrogen-bond acceptors (Lipinski definition) is 2. The molecule has 66 valence electrons. The molecule has 0 amide bonds. The van der Waals surface area contributed by atoms with Crippen molar-refractivity contribution in [2.75, 3.05) is 12.4 Å². The number of rotatable bonds is 3. The maximum Gasteiger partial charge on any atom is 0.215 e. The van der Waals surface area contributed by atoms with Crippen molar-refractivity contribution in [3.63, 3.8) is 0 Å². The topological polar surface area (TPSA) is 22.1 Å². The summed E-state index contributed by atoms with van der Waals surface area (Å²) in [6.45, 7) is 2.00. The lowest BCUT2D eigenvalue weighted by Gasteiger charge is -2.04. The number of ether oxygens (including phenoxy) is 1. The van der Waals surface area contributed by atoms with Crippen molar-refractivity contribution in [1.29, 1.82) is 0 Å². The Hall–Kier alpha value is -0.570. The Labute approximate surface area is 81.1 Å². The van der Waals surface area contributed by atoms with Crippen molar-refractivity contribution in [3.8, 4) is 5.88 Å². The van der Waals surface area contributed by atoms with Crippen LogP contribution in [0.4, 0.5) is 0 Å². The number of hydrogen-bond donors (Lipinski definition) is 0. The average Bonchev–Trinajstić information content (AvgIpc) is 2.05. The lowest BCUT2D eigenvalue weighted by molar-refractivity contribution is 0.394. The van der Waals surface area contributed by atoms with Gasteiger partial charge in [-0.1, -0.05) is 15.9 Å². The molecule has 0 aromatic carbocycles. The zero-order valence-electron chi connectivity index (χ0n) is 7.30. The lowest BCUT2D eigenvalue weighted by atomic mass is 10.2. The largest absolute Gasteiger partial charge is 0.481 e. The molecule has 3 heteroatoms. The molecule has 0 aliphatic rings. The van der Waals surface area contributed by atoms with E-state index in [4.69, 9.17) is 4.74 Å². The van der Waals surface area contributed by atoms with Gasteiger partial charge >= 0.3 is 0 Å². The zero-order chi connectivity index (χ0) is 8.97. The summed E-state index contributed by atoms with van der Waals surface area (Å²) in [4.78, 5) is 4.17. The Bertz CT molecular complexity index is 263. The molecule has 0 bridgehead atoms. The SMILES string of the molecule is COc1ncc(CCBr)cc1C. The van der Waals surface area contributed by atoms with E-state index in [9.17, 15) is 0 Å². The number of alkyl halides is 1. The van der Waals surface area contributed by atoms with E-state index in [1.54, 1.807) is 7.11 Å². The third-order valence-corrected chi connectivity index (χ3v) is 2.06. The predicted molar refractivity (Wildman–Crippen MR) is 53.0 cm³/mol. The fraction of sp³-hybridized carbons (Fsp3) is 0.444. The molecule has 12 heavy (non-hydrogen) atoms. The zero-order valence-corrected chi connectivity index (χ0v) is 8.89. The quantitative estimate of drug-likeness (QED) is 0.743. The Morgan fingerprint density at radius 2 is 2.33 bits per heavy atom. The molecule has 1 rings (SSSR count). The minimum absolute atomic E-state index is 0.716. The van der Waals surface area contributed by atoms with E-state index in [1.165, 1.54) is 5.56 Å². The van der Waals surface area contributed by atoms with Crippen molar-refractivity contribution in [2.24, 2.45) is 0 Å². The molecule has 0 saturated carbocycles. The van der Waals surface area contributed by atoms with Gasteiger partial charge in [0, 0.05) is 17.1 Å². The summed E-state index contributed by atoms with van der Waals surface area (Å²) in [6.07, 6.45) is 2.87. The second kappa shape index (κ2) is 4.45. The fourth-order valence-corrected chi connectivity index (χ4v) is 1.54. The van der Waals surface area contributed by atoms with Gasteiger partial charge in [0.05, 0.1) is 7.11 Å². The van der Waals surface area contributed by atoms with Gasteiger partial charge in [0.2, 0.25) is 5.88 Å². The predicted octanol–water partition coefficient (Wildman–Crippen LogP) is 2.34. The van der Waals surface area contributed by atoms with Crippen LogP contribution in [0.3, 0.4) is 0 Å². The van der Waals surface area contributed by atoms with E-state index in [1.807, 2.05) is 13.1 Å². The van der Waals surface area contributed by atoms with Crippen LogP contribution in [0.15, 0.2) is 12.3 Å². The second-order valence-electron chi connectivity index (χ2n) is 2.61. The monoisotopic (exact) mass is 229 g/mol. The van der Waals surface area contributed by atoms with Gasteiger partial charge in [0.25, 0.3) is 0 Å². The summed E-state index contributed by atoms with van der Waals surface area (Å²) in [5.74, 6) is 0.716. The van der Waals surface area contributed by atoms with Crippen LogP contribution >= 0.6 is 15.9 Å². The number of halogens is 1. The first-order valence-corrected chi connectivity index (χ1v) is 4.95. The van der Waals surface area contributed by atoms with Gasteiger partial charge in [-0.3, -0.25) is 0 Å². The summed E-state index contributed by atoms with van der Waals surface area (Å²) in [5.41, 5.74) is 2.33. The molecule has 1 heterocycles. The molecule has 1 aromatic heterocycles. The van der Waals surface area contributed by atoms with E-state index >= 15 is 0 Å². The van der Waals surface area contributed by atoms with Crippen LogP contribution in [-0.4, -0.2) is 17.4 Å². The highest BCUT2D eigenvalue weighted by Gasteiger charge is 2.00. The maximum absolute atomic E-state index is 5.06. The summed E-state index contributed by atoms with van der Waals surface area (Å²) in [5, 5.41) is 0.973. The molecule has 0 atom stereocenters. The fourth-order valence-electron chi connectivity index (χ4n) is 1.08. The van der Waals surface area contributed by atoms with Crippen LogP contribution in [0.2, 0.25) is 0 Å². The summed E-state index contributed by atoms with van der Waals surface area (Å²) >= 11 is 3.39. The molecule has 0 spiro atoms. The molecule has 1 aromatic rings.